The van der Waals surface area contributed by atoms with Gasteiger partial charge in [0.25, 0.3) is 5.91 Å². The lowest BCUT2D eigenvalue weighted by Gasteiger charge is -2.32. The molecule has 0 aliphatic heterocycles. The van der Waals surface area contributed by atoms with Gasteiger partial charge in [0.15, 0.2) is 6.61 Å². The number of hydrogen-bond donors (Lipinski definition) is 4. The lowest BCUT2D eigenvalue weighted by atomic mass is 9.73. The third-order valence-corrected chi connectivity index (χ3v) is 7.43. The predicted octanol–water partition coefficient (Wildman–Crippen LogP) is 3.09. The molecule has 6 atom stereocenters. The number of aliphatic hydroxyl groups excluding tert-OH is 2. The number of hydrogen-bond acceptors (Lipinski definition) is 5. The molecular weight excluding hydrogens is 422 g/mol. The minimum Gasteiger partial charge on any atom is -0.483 e. The van der Waals surface area contributed by atoms with E-state index in [2.05, 4.69) is 18.3 Å². The Labute approximate surface area is 196 Å². The second-order valence-electron chi connectivity index (χ2n) is 9.84. The van der Waals surface area contributed by atoms with Crippen molar-refractivity contribution in [1.29, 1.82) is 0 Å². The van der Waals surface area contributed by atoms with E-state index >= 15 is 0 Å². The maximum Gasteiger partial charge on any atom is 0.325 e. The molecule has 184 valence electrons. The topological polar surface area (TPSA) is 116 Å². The molecule has 0 saturated heterocycles. The van der Waals surface area contributed by atoms with Gasteiger partial charge in [0.1, 0.15) is 11.8 Å². The van der Waals surface area contributed by atoms with Gasteiger partial charge in [0, 0.05) is 0 Å². The molecule has 2 aliphatic carbocycles. The van der Waals surface area contributed by atoms with Crippen molar-refractivity contribution in [2.75, 3.05) is 6.61 Å². The number of carboxylic acid groups (broad SMARTS) is 1. The molecule has 7 heteroatoms. The Morgan fingerprint density at radius 1 is 1.21 bits per heavy atom. The van der Waals surface area contributed by atoms with E-state index in [-0.39, 0.29) is 24.7 Å². The number of nitrogens with one attached hydrogen (secondary N) is 1. The van der Waals surface area contributed by atoms with E-state index in [4.69, 9.17) is 9.84 Å². The molecule has 1 fully saturated rings. The van der Waals surface area contributed by atoms with Crippen LogP contribution in [0.15, 0.2) is 18.2 Å². The number of amides is 1. The zero-order valence-corrected chi connectivity index (χ0v) is 19.8. The summed E-state index contributed by atoms with van der Waals surface area (Å²) in [5, 5.41) is 32.5. The van der Waals surface area contributed by atoms with E-state index in [0.717, 1.165) is 63.4 Å². The second-order valence-corrected chi connectivity index (χ2v) is 9.84. The number of ether oxygens (including phenoxy) is 1. The normalized spacial score (nSPS) is 25.6. The van der Waals surface area contributed by atoms with E-state index in [9.17, 15) is 19.8 Å². The Balaban J connectivity index is 1.59. The molecule has 1 aromatic carbocycles. The van der Waals surface area contributed by atoms with Crippen LogP contribution in [0.25, 0.3) is 0 Å². The summed E-state index contributed by atoms with van der Waals surface area (Å²) in [5.74, 6) is 0.0650. The number of fused-ring (bicyclic) bond motifs is 2. The fourth-order valence-electron chi connectivity index (χ4n) is 5.59. The van der Waals surface area contributed by atoms with Crippen molar-refractivity contribution in [2.45, 2.75) is 89.9 Å². The Kier molecular flexibility index (Phi) is 9.15. The smallest absolute Gasteiger partial charge is 0.325 e. The maximum absolute atomic E-state index is 12.0. The van der Waals surface area contributed by atoms with Gasteiger partial charge in [-0.3, -0.25) is 9.59 Å². The number of rotatable bonds is 12. The van der Waals surface area contributed by atoms with Crippen LogP contribution in [0.5, 0.6) is 5.75 Å². The molecule has 1 aromatic rings. The summed E-state index contributed by atoms with van der Waals surface area (Å²) < 4.78 is 5.77. The first-order valence-electron chi connectivity index (χ1n) is 12.4. The van der Waals surface area contributed by atoms with Gasteiger partial charge < -0.3 is 25.4 Å². The van der Waals surface area contributed by atoms with Crippen LogP contribution in [0, 0.1) is 17.8 Å². The van der Waals surface area contributed by atoms with E-state index < -0.39 is 17.9 Å². The zero-order chi connectivity index (χ0) is 24.0. The van der Waals surface area contributed by atoms with E-state index in [1.165, 1.54) is 12.5 Å². The van der Waals surface area contributed by atoms with E-state index in [1.807, 2.05) is 12.1 Å². The summed E-state index contributed by atoms with van der Waals surface area (Å²) in [6, 6.07) is 4.90. The summed E-state index contributed by atoms with van der Waals surface area (Å²) in [6.07, 6.45) is 7.59. The molecule has 0 spiro atoms. The highest BCUT2D eigenvalue weighted by molar-refractivity contribution is 5.84. The predicted molar refractivity (Wildman–Crippen MR) is 125 cm³/mol. The molecule has 0 unspecified atom stereocenters. The molecule has 4 N–H and O–H groups in total. The fraction of sp³-hybridized carbons (Fsp3) is 0.692. The zero-order valence-electron chi connectivity index (χ0n) is 19.8. The molecule has 7 nitrogen and oxygen atoms in total. The van der Waals surface area contributed by atoms with Crippen molar-refractivity contribution in [1.82, 2.24) is 5.32 Å². The van der Waals surface area contributed by atoms with Crippen LogP contribution in [0.3, 0.4) is 0 Å². The highest BCUT2D eigenvalue weighted by Crippen LogP contribution is 2.48. The van der Waals surface area contributed by atoms with Gasteiger partial charge in [-0.15, -0.1) is 0 Å². The van der Waals surface area contributed by atoms with E-state index in [1.54, 1.807) is 0 Å². The number of carbonyl (C=O) groups is 2. The van der Waals surface area contributed by atoms with Crippen LogP contribution in [0.4, 0.5) is 0 Å². The van der Waals surface area contributed by atoms with Gasteiger partial charge in [-0.2, -0.15) is 0 Å². The molecule has 1 saturated carbocycles. The Morgan fingerprint density at radius 2 is 2.00 bits per heavy atom. The van der Waals surface area contributed by atoms with Gasteiger partial charge >= 0.3 is 5.97 Å². The maximum atomic E-state index is 12.0. The number of carboxylic acids is 1. The average Bonchev–Trinajstić information content (AvgIpc) is 3.08. The summed E-state index contributed by atoms with van der Waals surface area (Å²) in [5.41, 5.74) is 2.28. The quantitative estimate of drug-likeness (QED) is 0.356. The van der Waals surface area contributed by atoms with E-state index in [0.29, 0.717) is 17.6 Å². The van der Waals surface area contributed by atoms with Crippen LogP contribution in [0.2, 0.25) is 0 Å². The molecule has 0 heterocycles. The third-order valence-electron chi connectivity index (χ3n) is 7.43. The van der Waals surface area contributed by atoms with Gasteiger partial charge in [-0.1, -0.05) is 38.3 Å². The molecule has 3 rings (SSSR count). The number of benzene rings is 1. The Morgan fingerprint density at radius 3 is 2.73 bits per heavy atom. The van der Waals surface area contributed by atoms with Crippen molar-refractivity contribution in [3.05, 3.63) is 29.3 Å². The lowest BCUT2D eigenvalue weighted by molar-refractivity contribution is -0.141. The highest BCUT2D eigenvalue weighted by Gasteiger charge is 2.44. The molecule has 0 aromatic heterocycles. The summed E-state index contributed by atoms with van der Waals surface area (Å²) in [4.78, 5) is 22.9. The fourth-order valence-corrected chi connectivity index (χ4v) is 5.59. The van der Waals surface area contributed by atoms with Gasteiger partial charge in [-0.05, 0) is 80.4 Å². The Hall–Kier alpha value is -2.12. The van der Waals surface area contributed by atoms with Gasteiger partial charge in [0.2, 0.25) is 0 Å². The second kappa shape index (κ2) is 11.8. The monoisotopic (exact) mass is 461 g/mol. The SMILES string of the molecule is CCCCC[C@H](O)CC[C@@H]1[C@H]2Cc3cccc(OCC(=O)N[C@@H](C)C(=O)O)c3C[C@H]2C[C@H]1O. The summed E-state index contributed by atoms with van der Waals surface area (Å²) in [6.45, 7) is 3.34. The molecule has 1 amide bonds. The van der Waals surface area contributed by atoms with Crippen molar-refractivity contribution in [2.24, 2.45) is 17.8 Å². The first-order chi connectivity index (χ1) is 15.8. The van der Waals surface area contributed by atoms with Crippen molar-refractivity contribution >= 4 is 11.9 Å². The van der Waals surface area contributed by atoms with Gasteiger partial charge in [0.05, 0.1) is 12.2 Å². The standard InChI is InChI=1S/C26H39NO6/c1-3-4-5-8-19(28)10-11-20-21-12-17-7-6-9-24(22(17)13-18(21)14-23(20)29)33-15-25(30)27-16(2)26(31)32/h6-7,9,16,18-21,23,28-29H,3-5,8,10-15H2,1-2H3,(H,27,30)(H,31,32)/t16-,18-,19-,20+,21-,23+/m0/s1. The van der Waals surface area contributed by atoms with Crippen molar-refractivity contribution in [3.63, 3.8) is 0 Å². The molecular formula is C26H39NO6. The number of aliphatic hydroxyl groups is 2. The summed E-state index contributed by atoms with van der Waals surface area (Å²) in [7, 11) is 0. The minimum absolute atomic E-state index is 0.205. The number of unbranched alkanes of at least 4 members (excludes halogenated alkanes) is 2. The van der Waals surface area contributed by atoms with Crippen LogP contribution in [-0.4, -0.2) is 52.1 Å². The number of aliphatic carboxylic acids is 1. The lowest BCUT2D eigenvalue weighted by Crippen LogP contribution is -2.40. The Bertz CT molecular complexity index is 812. The molecule has 0 radical (unpaired) electrons. The summed E-state index contributed by atoms with van der Waals surface area (Å²) >= 11 is 0. The van der Waals surface area contributed by atoms with Crippen LogP contribution in [-0.2, 0) is 22.4 Å². The largest absolute Gasteiger partial charge is 0.483 e. The van der Waals surface area contributed by atoms with Crippen LogP contribution < -0.4 is 10.1 Å². The molecule has 33 heavy (non-hydrogen) atoms. The highest BCUT2D eigenvalue weighted by atomic mass is 16.5. The third kappa shape index (κ3) is 6.70. The minimum atomic E-state index is -1.09. The van der Waals surface area contributed by atoms with Crippen molar-refractivity contribution < 1.29 is 29.6 Å². The van der Waals surface area contributed by atoms with Crippen molar-refractivity contribution in [3.8, 4) is 5.75 Å². The van der Waals surface area contributed by atoms with Gasteiger partial charge in [-0.25, -0.2) is 0 Å². The first-order valence-corrected chi connectivity index (χ1v) is 12.4. The molecule has 0 bridgehead atoms. The average molecular weight is 462 g/mol. The molecule has 2 aliphatic rings. The van der Waals surface area contributed by atoms with Crippen LogP contribution in [0.1, 0.15) is 69.9 Å². The number of carbonyl (C=O) groups excluding carboxylic acids is 1. The van der Waals surface area contributed by atoms with Crippen LogP contribution >= 0.6 is 0 Å². The first kappa shape index (κ1) is 25.5.